The Morgan fingerprint density at radius 2 is 2.40 bits per heavy atom. The molecule has 0 bridgehead atoms. The van der Waals surface area contributed by atoms with Crippen LogP contribution in [0.25, 0.3) is 10.7 Å². The first kappa shape index (κ1) is 9.06. The lowest BCUT2D eigenvalue weighted by Crippen LogP contribution is -2.24. The van der Waals surface area contributed by atoms with Crippen LogP contribution in [-0.2, 0) is 13.0 Å². The van der Waals surface area contributed by atoms with Crippen molar-refractivity contribution in [3.63, 3.8) is 0 Å². The van der Waals surface area contributed by atoms with E-state index < -0.39 is 0 Å². The molecule has 0 amide bonds. The van der Waals surface area contributed by atoms with E-state index in [0.29, 0.717) is 6.54 Å². The quantitative estimate of drug-likeness (QED) is 0.790. The molecular weight excluding hydrogens is 210 g/mol. The first-order valence-corrected chi connectivity index (χ1v) is 5.86. The molecule has 0 radical (unpaired) electrons. The predicted molar refractivity (Wildman–Crippen MR) is 57.7 cm³/mol. The van der Waals surface area contributed by atoms with Gasteiger partial charge in [-0.2, -0.15) is 0 Å². The third kappa shape index (κ3) is 1.48. The molecule has 0 saturated carbocycles. The van der Waals surface area contributed by atoms with Crippen molar-refractivity contribution in [3.8, 4) is 10.7 Å². The van der Waals surface area contributed by atoms with Gasteiger partial charge in [-0.05, 0) is 17.9 Å². The summed E-state index contributed by atoms with van der Waals surface area (Å²) in [5.41, 5.74) is 0. The number of rotatable bonds is 1. The first-order valence-electron chi connectivity index (χ1n) is 4.98. The van der Waals surface area contributed by atoms with Crippen LogP contribution in [0.3, 0.4) is 0 Å². The molecule has 1 atom stereocenters. The molecule has 5 heteroatoms. The van der Waals surface area contributed by atoms with E-state index >= 15 is 0 Å². The third-order valence-electron chi connectivity index (χ3n) is 2.66. The van der Waals surface area contributed by atoms with Crippen molar-refractivity contribution in [1.82, 2.24) is 14.8 Å². The molecule has 3 heterocycles. The Bertz CT molecular complexity index is 463. The summed E-state index contributed by atoms with van der Waals surface area (Å²) in [5.74, 6) is 1.88. The minimum atomic E-state index is -0.257. The zero-order chi connectivity index (χ0) is 10.3. The van der Waals surface area contributed by atoms with E-state index in [2.05, 4.69) is 10.2 Å². The fourth-order valence-electron chi connectivity index (χ4n) is 1.90. The predicted octanol–water partition coefficient (Wildman–Crippen LogP) is 1.31. The van der Waals surface area contributed by atoms with Crippen LogP contribution in [0.2, 0.25) is 0 Å². The Kier molecular flexibility index (Phi) is 2.07. The van der Waals surface area contributed by atoms with E-state index in [1.54, 1.807) is 11.3 Å². The lowest BCUT2D eigenvalue weighted by atomic mass is 10.1. The second kappa shape index (κ2) is 3.43. The maximum atomic E-state index is 9.62. The average molecular weight is 221 g/mol. The van der Waals surface area contributed by atoms with Gasteiger partial charge in [0.1, 0.15) is 5.82 Å². The number of nitrogens with zero attached hydrogens (tertiary/aromatic N) is 3. The smallest absolute Gasteiger partial charge is 0.174 e. The Balaban J connectivity index is 2.07. The van der Waals surface area contributed by atoms with E-state index in [9.17, 15) is 5.11 Å². The lowest BCUT2D eigenvalue weighted by Gasteiger charge is -2.19. The molecule has 1 aliphatic heterocycles. The summed E-state index contributed by atoms with van der Waals surface area (Å²) in [4.78, 5) is 1.11. The van der Waals surface area contributed by atoms with Crippen LogP contribution in [-0.4, -0.2) is 26.0 Å². The lowest BCUT2D eigenvalue weighted by molar-refractivity contribution is 0.131. The SMILES string of the molecule is OC1CCc2nnc(-c3cccs3)n2C1. The number of aliphatic hydroxyl groups excluding tert-OH is 1. The van der Waals surface area contributed by atoms with Gasteiger partial charge in [0, 0.05) is 6.42 Å². The van der Waals surface area contributed by atoms with Crippen LogP contribution in [0, 0.1) is 0 Å². The van der Waals surface area contributed by atoms with Gasteiger partial charge in [-0.3, -0.25) is 0 Å². The summed E-state index contributed by atoms with van der Waals surface area (Å²) < 4.78 is 2.03. The first-order chi connectivity index (χ1) is 7.34. The molecule has 2 aromatic heterocycles. The monoisotopic (exact) mass is 221 g/mol. The molecule has 0 aromatic carbocycles. The maximum absolute atomic E-state index is 9.62. The standard InChI is InChI=1S/C10H11N3OS/c14-7-3-4-9-11-12-10(13(9)6-7)8-2-1-5-15-8/h1-2,5,7,14H,3-4,6H2. The Morgan fingerprint density at radius 1 is 1.47 bits per heavy atom. The fraction of sp³-hybridized carbons (Fsp3) is 0.400. The number of hydrogen-bond donors (Lipinski definition) is 1. The van der Waals surface area contributed by atoms with Crippen molar-refractivity contribution in [1.29, 1.82) is 0 Å². The van der Waals surface area contributed by atoms with Gasteiger partial charge >= 0.3 is 0 Å². The largest absolute Gasteiger partial charge is 0.391 e. The van der Waals surface area contributed by atoms with Gasteiger partial charge in [-0.1, -0.05) is 6.07 Å². The molecule has 3 rings (SSSR count). The highest BCUT2D eigenvalue weighted by atomic mass is 32.1. The summed E-state index contributed by atoms with van der Waals surface area (Å²) in [5, 5.41) is 20.0. The number of aryl methyl sites for hydroxylation is 1. The minimum Gasteiger partial charge on any atom is -0.391 e. The van der Waals surface area contributed by atoms with Gasteiger partial charge in [0.05, 0.1) is 17.5 Å². The van der Waals surface area contributed by atoms with Crippen molar-refractivity contribution in [3.05, 3.63) is 23.3 Å². The molecule has 0 saturated heterocycles. The number of aliphatic hydroxyl groups is 1. The van der Waals surface area contributed by atoms with Crippen molar-refractivity contribution in [2.24, 2.45) is 0 Å². The van der Waals surface area contributed by atoms with Crippen LogP contribution in [0.4, 0.5) is 0 Å². The summed E-state index contributed by atoms with van der Waals surface area (Å²) in [7, 11) is 0. The maximum Gasteiger partial charge on any atom is 0.174 e. The number of thiophene rings is 1. The van der Waals surface area contributed by atoms with Crippen LogP contribution >= 0.6 is 11.3 Å². The van der Waals surface area contributed by atoms with E-state index in [4.69, 9.17) is 0 Å². The topological polar surface area (TPSA) is 50.9 Å². The second-order valence-corrected chi connectivity index (χ2v) is 4.67. The van der Waals surface area contributed by atoms with Gasteiger partial charge in [0.15, 0.2) is 5.82 Å². The van der Waals surface area contributed by atoms with Gasteiger partial charge in [-0.15, -0.1) is 21.5 Å². The summed E-state index contributed by atoms with van der Waals surface area (Å²) in [6.45, 7) is 0.621. The molecule has 0 fully saturated rings. The molecule has 0 aliphatic carbocycles. The van der Waals surface area contributed by atoms with E-state index in [-0.39, 0.29) is 6.10 Å². The van der Waals surface area contributed by atoms with Gasteiger partial charge in [0.2, 0.25) is 0 Å². The molecule has 4 nitrogen and oxygen atoms in total. The zero-order valence-electron chi connectivity index (χ0n) is 8.13. The third-order valence-corrected chi connectivity index (χ3v) is 3.53. The average Bonchev–Trinajstić information content (AvgIpc) is 2.83. The normalized spacial score (nSPS) is 20.2. The summed E-state index contributed by atoms with van der Waals surface area (Å²) >= 11 is 1.65. The van der Waals surface area contributed by atoms with Gasteiger partial charge in [-0.25, -0.2) is 0 Å². The van der Waals surface area contributed by atoms with E-state index in [1.807, 2.05) is 22.1 Å². The van der Waals surface area contributed by atoms with Crippen molar-refractivity contribution < 1.29 is 5.11 Å². The zero-order valence-corrected chi connectivity index (χ0v) is 8.94. The fourth-order valence-corrected chi connectivity index (χ4v) is 2.62. The van der Waals surface area contributed by atoms with Crippen molar-refractivity contribution in [2.75, 3.05) is 0 Å². The van der Waals surface area contributed by atoms with Crippen molar-refractivity contribution >= 4 is 11.3 Å². The molecule has 0 spiro atoms. The summed E-state index contributed by atoms with van der Waals surface area (Å²) in [6, 6.07) is 4.03. The highest BCUT2D eigenvalue weighted by Gasteiger charge is 2.22. The van der Waals surface area contributed by atoms with Crippen molar-refractivity contribution in [2.45, 2.75) is 25.5 Å². The summed E-state index contributed by atoms with van der Waals surface area (Å²) in [6.07, 6.45) is 1.36. The highest BCUT2D eigenvalue weighted by Crippen LogP contribution is 2.26. The molecule has 78 valence electrons. The Labute approximate surface area is 91.2 Å². The highest BCUT2D eigenvalue weighted by molar-refractivity contribution is 7.13. The van der Waals surface area contributed by atoms with Crippen LogP contribution in [0.1, 0.15) is 12.2 Å². The molecule has 1 aliphatic rings. The van der Waals surface area contributed by atoms with Gasteiger partial charge in [0.25, 0.3) is 0 Å². The van der Waals surface area contributed by atoms with E-state index in [1.165, 1.54) is 0 Å². The number of aromatic nitrogens is 3. The number of fused-ring (bicyclic) bond motifs is 1. The minimum absolute atomic E-state index is 0.257. The van der Waals surface area contributed by atoms with E-state index in [0.717, 1.165) is 29.4 Å². The van der Waals surface area contributed by atoms with Gasteiger partial charge < -0.3 is 9.67 Å². The molecule has 1 unspecified atom stereocenters. The molecular formula is C10H11N3OS. The Hall–Kier alpha value is -1.20. The molecule has 2 aromatic rings. The van der Waals surface area contributed by atoms with Crippen LogP contribution in [0.5, 0.6) is 0 Å². The Morgan fingerprint density at radius 3 is 3.20 bits per heavy atom. The van der Waals surface area contributed by atoms with Crippen LogP contribution < -0.4 is 0 Å². The molecule has 15 heavy (non-hydrogen) atoms. The molecule has 1 N–H and O–H groups in total. The van der Waals surface area contributed by atoms with Crippen LogP contribution in [0.15, 0.2) is 17.5 Å². The number of hydrogen-bond acceptors (Lipinski definition) is 4. The second-order valence-electron chi connectivity index (χ2n) is 3.72.